The molecular weight excluding hydrogens is 453 g/mol. The molecule has 2 saturated heterocycles. The van der Waals surface area contributed by atoms with Crippen molar-refractivity contribution in [2.75, 3.05) is 46.3 Å². The van der Waals surface area contributed by atoms with E-state index < -0.39 is 0 Å². The van der Waals surface area contributed by atoms with Gasteiger partial charge in [0.2, 0.25) is 5.91 Å². The molecule has 2 aliphatic heterocycles. The molecule has 2 unspecified atom stereocenters. The number of hydrogen-bond donors (Lipinski definition) is 2. The number of guanidine groups is 1. The summed E-state index contributed by atoms with van der Waals surface area (Å²) in [6.45, 7) is 8.59. The van der Waals surface area contributed by atoms with Crippen molar-refractivity contribution in [3.05, 3.63) is 0 Å². The predicted molar refractivity (Wildman–Crippen MR) is 122 cm³/mol. The van der Waals surface area contributed by atoms with E-state index in [1.165, 1.54) is 45.3 Å². The van der Waals surface area contributed by atoms with Crippen LogP contribution in [0.25, 0.3) is 0 Å². The molecule has 7 heteroatoms. The van der Waals surface area contributed by atoms with Gasteiger partial charge >= 0.3 is 0 Å². The lowest BCUT2D eigenvalue weighted by atomic mass is 10.1. The van der Waals surface area contributed by atoms with Crippen LogP contribution < -0.4 is 10.6 Å². The van der Waals surface area contributed by atoms with Crippen LogP contribution in [-0.4, -0.2) is 74.0 Å². The van der Waals surface area contributed by atoms with E-state index in [1.54, 1.807) is 0 Å². The maximum atomic E-state index is 12.6. The summed E-state index contributed by atoms with van der Waals surface area (Å²) in [5.74, 6) is 2.28. The van der Waals surface area contributed by atoms with Crippen molar-refractivity contribution in [2.45, 2.75) is 57.9 Å². The van der Waals surface area contributed by atoms with E-state index >= 15 is 0 Å². The van der Waals surface area contributed by atoms with Crippen LogP contribution in [0, 0.1) is 11.8 Å². The maximum Gasteiger partial charge on any atom is 0.225 e. The SMILES string of the molecule is CCCN1CCC(CNC(=NC)NC2CCN(C(=O)C3CCCC3)C2)C1.I. The number of halogens is 1. The monoisotopic (exact) mass is 491 g/mol. The van der Waals surface area contributed by atoms with Crippen LogP contribution in [0.2, 0.25) is 0 Å². The Balaban J connectivity index is 0.00000261. The minimum Gasteiger partial charge on any atom is -0.356 e. The highest BCUT2D eigenvalue weighted by Gasteiger charge is 2.32. The van der Waals surface area contributed by atoms with Crippen molar-refractivity contribution in [1.82, 2.24) is 20.4 Å². The predicted octanol–water partition coefficient (Wildman–Crippen LogP) is 2.29. The largest absolute Gasteiger partial charge is 0.356 e. The van der Waals surface area contributed by atoms with Crippen molar-refractivity contribution in [2.24, 2.45) is 16.8 Å². The summed E-state index contributed by atoms with van der Waals surface area (Å²) in [5.41, 5.74) is 0. The fourth-order valence-electron chi connectivity index (χ4n) is 4.74. The molecule has 1 saturated carbocycles. The highest BCUT2D eigenvalue weighted by Crippen LogP contribution is 2.27. The normalized spacial score (nSPS) is 27.0. The molecule has 156 valence electrons. The van der Waals surface area contributed by atoms with Crippen LogP contribution in [0.5, 0.6) is 0 Å². The van der Waals surface area contributed by atoms with E-state index in [1.807, 2.05) is 7.05 Å². The molecule has 6 nitrogen and oxygen atoms in total. The quantitative estimate of drug-likeness (QED) is 0.340. The average Bonchev–Trinajstić information content (AvgIpc) is 3.39. The first kappa shape index (κ1) is 22.7. The number of carbonyl (C=O) groups excluding carboxylic acids is 1. The van der Waals surface area contributed by atoms with Gasteiger partial charge in [-0.1, -0.05) is 19.8 Å². The van der Waals surface area contributed by atoms with Gasteiger partial charge in [0.1, 0.15) is 0 Å². The highest BCUT2D eigenvalue weighted by atomic mass is 127. The maximum absolute atomic E-state index is 12.6. The van der Waals surface area contributed by atoms with Crippen LogP contribution in [0.4, 0.5) is 0 Å². The Labute approximate surface area is 181 Å². The van der Waals surface area contributed by atoms with Gasteiger partial charge in [-0.25, -0.2) is 0 Å². The smallest absolute Gasteiger partial charge is 0.225 e. The zero-order chi connectivity index (χ0) is 18.4. The Hall–Kier alpha value is -0.570. The molecule has 0 aromatic rings. The van der Waals surface area contributed by atoms with Crippen LogP contribution in [0.15, 0.2) is 4.99 Å². The molecule has 0 aromatic carbocycles. The molecule has 0 spiro atoms. The van der Waals surface area contributed by atoms with Gasteiger partial charge in [0.05, 0.1) is 0 Å². The van der Waals surface area contributed by atoms with E-state index in [-0.39, 0.29) is 24.0 Å². The second kappa shape index (κ2) is 11.4. The topological polar surface area (TPSA) is 60.0 Å². The van der Waals surface area contributed by atoms with Crippen molar-refractivity contribution in [3.8, 4) is 0 Å². The molecule has 0 aromatic heterocycles. The van der Waals surface area contributed by atoms with Gasteiger partial charge in [0.25, 0.3) is 0 Å². The number of nitrogens with zero attached hydrogens (tertiary/aromatic N) is 3. The second-order valence-corrected chi connectivity index (χ2v) is 8.30. The summed E-state index contributed by atoms with van der Waals surface area (Å²) in [4.78, 5) is 21.6. The van der Waals surface area contributed by atoms with Crippen LogP contribution in [0.1, 0.15) is 51.9 Å². The van der Waals surface area contributed by atoms with Gasteiger partial charge < -0.3 is 20.4 Å². The number of hydrogen-bond acceptors (Lipinski definition) is 3. The van der Waals surface area contributed by atoms with E-state index in [0.717, 1.165) is 44.9 Å². The number of likely N-dealkylation sites (tertiary alicyclic amines) is 2. The number of amides is 1. The molecule has 2 heterocycles. The van der Waals surface area contributed by atoms with E-state index in [4.69, 9.17) is 0 Å². The van der Waals surface area contributed by atoms with Crippen LogP contribution in [0.3, 0.4) is 0 Å². The molecule has 2 N–H and O–H groups in total. The Morgan fingerprint density at radius 1 is 1.11 bits per heavy atom. The standard InChI is InChI=1S/C20H37N5O.HI/c1-3-10-24-11-8-16(14-24)13-22-20(21-2)23-18-9-12-25(15-18)19(26)17-6-4-5-7-17;/h16-18H,3-15H2,1-2H3,(H2,21,22,23);1H. The minimum absolute atomic E-state index is 0. The molecule has 27 heavy (non-hydrogen) atoms. The Bertz CT molecular complexity index is 495. The second-order valence-electron chi connectivity index (χ2n) is 8.30. The van der Waals surface area contributed by atoms with Crippen LogP contribution in [-0.2, 0) is 4.79 Å². The first-order valence-electron chi connectivity index (χ1n) is 10.7. The number of aliphatic imine (C=N–C) groups is 1. The third kappa shape index (κ3) is 6.48. The van der Waals surface area contributed by atoms with Gasteiger partial charge in [0.15, 0.2) is 5.96 Å². The molecule has 1 amide bonds. The fraction of sp³-hybridized carbons (Fsp3) is 0.900. The third-order valence-corrected chi connectivity index (χ3v) is 6.24. The summed E-state index contributed by atoms with van der Waals surface area (Å²) in [5, 5.41) is 7.04. The molecule has 3 aliphatic rings. The van der Waals surface area contributed by atoms with Gasteiger partial charge in [-0.05, 0) is 51.1 Å². The van der Waals surface area contributed by atoms with E-state index in [2.05, 4.69) is 32.3 Å². The summed E-state index contributed by atoms with van der Waals surface area (Å²) >= 11 is 0. The Morgan fingerprint density at radius 3 is 2.59 bits per heavy atom. The van der Waals surface area contributed by atoms with Crippen LogP contribution >= 0.6 is 24.0 Å². The summed E-state index contributed by atoms with van der Waals surface area (Å²) < 4.78 is 0. The molecule has 3 rings (SSSR count). The van der Waals surface area contributed by atoms with Crippen molar-refractivity contribution < 1.29 is 4.79 Å². The molecule has 3 fully saturated rings. The van der Waals surface area contributed by atoms with Crippen molar-refractivity contribution in [3.63, 3.8) is 0 Å². The summed E-state index contributed by atoms with van der Waals surface area (Å²) in [6.07, 6.45) is 8.16. The van der Waals surface area contributed by atoms with Crippen molar-refractivity contribution in [1.29, 1.82) is 0 Å². The van der Waals surface area contributed by atoms with Gasteiger partial charge in [-0.2, -0.15) is 0 Å². The molecule has 2 atom stereocenters. The van der Waals surface area contributed by atoms with Gasteiger partial charge in [-0.3, -0.25) is 9.79 Å². The first-order valence-corrected chi connectivity index (χ1v) is 10.7. The fourth-order valence-corrected chi connectivity index (χ4v) is 4.74. The van der Waals surface area contributed by atoms with E-state index in [0.29, 0.717) is 23.8 Å². The Kier molecular flexibility index (Phi) is 9.62. The molecule has 0 radical (unpaired) electrons. The number of rotatable bonds is 6. The lowest BCUT2D eigenvalue weighted by Gasteiger charge is -2.22. The van der Waals surface area contributed by atoms with Crippen molar-refractivity contribution >= 4 is 35.8 Å². The van der Waals surface area contributed by atoms with Gasteiger partial charge in [-0.15, -0.1) is 24.0 Å². The zero-order valence-corrected chi connectivity index (χ0v) is 19.4. The molecule has 1 aliphatic carbocycles. The van der Waals surface area contributed by atoms with Gasteiger partial charge in [0, 0.05) is 45.2 Å². The lowest BCUT2D eigenvalue weighted by Crippen LogP contribution is -2.46. The summed E-state index contributed by atoms with van der Waals surface area (Å²) in [6, 6.07) is 0.326. The number of nitrogens with one attached hydrogen (secondary N) is 2. The first-order chi connectivity index (χ1) is 12.7. The average molecular weight is 491 g/mol. The van der Waals surface area contributed by atoms with E-state index in [9.17, 15) is 4.79 Å². The summed E-state index contributed by atoms with van der Waals surface area (Å²) in [7, 11) is 1.84. The molecule has 0 bridgehead atoms. The highest BCUT2D eigenvalue weighted by molar-refractivity contribution is 14.0. The Morgan fingerprint density at radius 2 is 1.89 bits per heavy atom. The lowest BCUT2D eigenvalue weighted by molar-refractivity contribution is -0.134. The third-order valence-electron chi connectivity index (χ3n) is 6.24. The number of carbonyl (C=O) groups is 1. The minimum atomic E-state index is 0. The zero-order valence-electron chi connectivity index (χ0n) is 17.1. The molecular formula is C20H38IN5O.